The molecule has 5 nitrogen and oxygen atoms in total. The number of anilines is 1. The monoisotopic (exact) mass is 406 g/mol. The van der Waals surface area contributed by atoms with Crippen LogP contribution in [0.15, 0.2) is 83.8 Å². The van der Waals surface area contributed by atoms with Crippen molar-refractivity contribution in [3.05, 3.63) is 84.4 Å². The van der Waals surface area contributed by atoms with Gasteiger partial charge in [-0.25, -0.2) is 8.42 Å². The van der Waals surface area contributed by atoms with E-state index in [0.29, 0.717) is 23.5 Å². The molecular formula is C23H22N2O3S. The first-order chi connectivity index (χ1) is 14.0. The zero-order valence-electron chi connectivity index (χ0n) is 15.9. The Morgan fingerprint density at radius 2 is 1.31 bits per heavy atom. The summed E-state index contributed by atoms with van der Waals surface area (Å²) in [6, 6.07) is 23.5. The molecule has 1 saturated heterocycles. The molecule has 148 valence electrons. The summed E-state index contributed by atoms with van der Waals surface area (Å²) in [6.07, 6.45) is 1.84. The van der Waals surface area contributed by atoms with Crippen molar-refractivity contribution in [3.8, 4) is 11.1 Å². The van der Waals surface area contributed by atoms with Crippen LogP contribution in [0.1, 0.15) is 23.2 Å². The van der Waals surface area contributed by atoms with Gasteiger partial charge in [-0.05, 0) is 60.4 Å². The average molecular weight is 407 g/mol. The molecule has 29 heavy (non-hydrogen) atoms. The molecule has 0 saturated carbocycles. The summed E-state index contributed by atoms with van der Waals surface area (Å²) < 4.78 is 26.8. The smallest absolute Gasteiger partial charge is 0.255 e. The third kappa shape index (κ3) is 4.23. The molecule has 4 rings (SSSR count). The molecule has 0 aliphatic carbocycles. The summed E-state index contributed by atoms with van der Waals surface area (Å²) in [7, 11) is -3.40. The van der Waals surface area contributed by atoms with Gasteiger partial charge in [0.2, 0.25) is 10.0 Å². The normalized spacial score (nSPS) is 14.6. The number of benzene rings is 3. The standard InChI is InChI=1S/C23H22N2O3S/c26-23(24-21-6-2-1-3-7-21)20-10-8-18(9-11-20)19-12-14-22(15-13-19)29(27,28)25-16-4-5-17-25/h1-3,6-15H,4-5,16-17H2,(H,24,26). The topological polar surface area (TPSA) is 66.5 Å². The van der Waals surface area contributed by atoms with E-state index < -0.39 is 10.0 Å². The minimum atomic E-state index is -3.40. The summed E-state index contributed by atoms with van der Waals surface area (Å²) >= 11 is 0. The minimum Gasteiger partial charge on any atom is -0.322 e. The second-order valence-corrected chi connectivity index (χ2v) is 8.97. The summed E-state index contributed by atoms with van der Waals surface area (Å²) in [6.45, 7) is 1.19. The van der Waals surface area contributed by atoms with E-state index >= 15 is 0 Å². The molecule has 1 fully saturated rings. The van der Waals surface area contributed by atoms with Gasteiger partial charge < -0.3 is 5.32 Å². The molecule has 3 aromatic carbocycles. The zero-order chi connectivity index (χ0) is 20.3. The molecule has 1 aliphatic heterocycles. The highest BCUT2D eigenvalue weighted by Gasteiger charge is 2.26. The predicted molar refractivity (Wildman–Crippen MR) is 114 cm³/mol. The molecule has 0 radical (unpaired) electrons. The molecule has 1 heterocycles. The Hall–Kier alpha value is -2.96. The molecule has 0 atom stereocenters. The van der Waals surface area contributed by atoms with Crippen LogP contribution in [0, 0.1) is 0 Å². The lowest BCUT2D eigenvalue weighted by Gasteiger charge is -2.15. The average Bonchev–Trinajstić information content (AvgIpc) is 3.31. The number of nitrogens with zero attached hydrogens (tertiary/aromatic N) is 1. The Labute approximate surface area is 171 Å². The highest BCUT2D eigenvalue weighted by Crippen LogP contribution is 2.25. The summed E-state index contributed by atoms with van der Waals surface area (Å²) in [5.74, 6) is -0.171. The maximum atomic E-state index is 12.6. The fourth-order valence-corrected chi connectivity index (χ4v) is 4.95. The van der Waals surface area contributed by atoms with Crippen LogP contribution >= 0.6 is 0 Å². The maximum Gasteiger partial charge on any atom is 0.255 e. The second kappa shape index (κ2) is 8.19. The van der Waals surface area contributed by atoms with Gasteiger partial charge in [0.1, 0.15) is 0 Å². The highest BCUT2D eigenvalue weighted by molar-refractivity contribution is 7.89. The van der Waals surface area contributed by atoms with E-state index in [2.05, 4.69) is 5.32 Å². The quantitative estimate of drug-likeness (QED) is 0.683. The number of hydrogen-bond donors (Lipinski definition) is 1. The molecule has 3 aromatic rings. The van der Waals surface area contributed by atoms with Crippen LogP contribution in [0.5, 0.6) is 0 Å². The second-order valence-electron chi connectivity index (χ2n) is 7.03. The molecule has 0 aromatic heterocycles. The van der Waals surface area contributed by atoms with Crippen molar-refractivity contribution in [1.29, 1.82) is 0 Å². The van der Waals surface area contributed by atoms with E-state index in [1.165, 1.54) is 0 Å². The van der Waals surface area contributed by atoms with Gasteiger partial charge in [-0.2, -0.15) is 4.31 Å². The summed E-state index contributed by atoms with van der Waals surface area (Å²) in [5.41, 5.74) is 3.13. The Morgan fingerprint density at radius 3 is 1.90 bits per heavy atom. The third-order valence-corrected chi connectivity index (χ3v) is 6.98. The largest absolute Gasteiger partial charge is 0.322 e. The third-order valence-electron chi connectivity index (χ3n) is 5.07. The van der Waals surface area contributed by atoms with E-state index in [4.69, 9.17) is 0 Å². The SMILES string of the molecule is O=C(Nc1ccccc1)c1ccc(-c2ccc(S(=O)(=O)N3CCCC3)cc2)cc1. The van der Waals surface area contributed by atoms with Crippen molar-refractivity contribution in [2.24, 2.45) is 0 Å². The highest BCUT2D eigenvalue weighted by atomic mass is 32.2. The van der Waals surface area contributed by atoms with E-state index in [1.807, 2.05) is 54.6 Å². The van der Waals surface area contributed by atoms with Crippen molar-refractivity contribution in [1.82, 2.24) is 4.31 Å². The van der Waals surface area contributed by atoms with E-state index in [9.17, 15) is 13.2 Å². The zero-order valence-corrected chi connectivity index (χ0v) is 16.7. The van der Waals surface area contributed by atoms with E-state index in [0.717, 1.165) is 29.7 Å². The van der Waals surface area contributed by atoms with Crippen LogP contribution in [0.25, 0.3) is 11.1 Å². The predicted octanol–water partition coefficient (Wildman–Crippen LogP) is 4.39. The molecular weight excluding hydrogens is 384 g/mol. The van der Waals surface area contributed by atoms with Crippen molar-refractivity contribution in [2.75, 3.05) is 18.4 Å². The van der Waals surface area contributed by atoms with Crippen molar-refractivity contribution in [3.63, 3.8) is 0 Å². The van der Waals surface area contributed by atoms with Crippen LogP contribution in [0.3, 0.4) is 0 Å². The molecule has 1 N–H and O–H groups in total. The van der Waals surface area contributed by atoms with Gasteiger partial charge in [0.25, 0.3) is 5.91 Å². The van der Waals surface area contributed by atoms with Gasteiger partial charge in [-0.15, -0.1) is 0 Å². The molecule has 6 heteroatoms. The number of sulfonamides is 1. The Morgan fingerprint density at radius 1 is 0.759 bits per heavy atom. The molecule has 0 unspecified atom stereocenters. The maximum absolute atomic E-state index is 12.6. The number of amides is 1. The number of carbonyl (C=O) groups is 1. The fraction of sp³-hybridized carbons (Fsp3) is 0.174. The van der Waals surface area contributed by atoms with Gasteiger partial charge in [0.15, 0.2) is 0 Å². The van der Waals surface area contributed by atoms with Crippen molar-refractivity contribution < 1.29 is 13.2 Å². The minimum absolute atomic E-state index is 0.171. The fourth-order valence-electron chi connectivity index (χ4n) is 3.44. The first kappa shape index (κ1) is 19.4. The molecule has 0 bridgehead atoms. The van der Waals surface area contributed by atoms with Crippen LogP contribution in [-0.2, 0) is 10.0 Å². The number of nitrogens with one attached hydrogen (secondary N) is 1. The Bertz CT molecular complexity index is 1090. The van der Waals surface area contributed by atoms with Gasteiger partial charge in [-0.1, -0.05) is 42.5 Å². The first-order valence-electron chi connectivity index (χ1n) is 9.61. The molecule has 1 aliphatic rings. The Kier molecular flexibility index (Phi) is 5.47. The molecule has 1 amide bonds. The van der Waals surface area contributed by atoms with Crippen LogP contribution < -0.4 is 5.32 Å². The first-order valence-corrected chi connectivity index (χ1v) is 11.1. The van der Waals surface area contributed by atoms with Crippen molar-refractivity contribution >= 4 is 21.6 Å². The molecule has 0 spiro atoms. The Balaban J connectivity index is 1.48. The number of carbonyl (C=O) groups excluding carboxylic acids is 1. The lowest BCUT2D eigenvalue weighted by Crippen LogP contribution is -2.27. The van der Waals surface area contributed by atoms with E-state index in [-0.39, 0.29) is 5.91 Å². The lowest BCUT2D eigenvalue weighted by molar-refractivity contribution is 0.102. The van der Waals surface area contributed by atoms with Gasteiger partial charge in [0, 0.05) is 24.3 Å². The van der Waals surface area contributed by atoms with Gasteiger partial charge >= 0.3 is 0 Å². The summed E-state index contributed by atoms with van der Waals surface area (Å²) in [5, 5.41) is 2.86. The van der Waals surface area contributed by atoms with Crippen molar-refractivity contribution in [2.45, 2.75) is 17.7 Å². The van der Waals surface area contributed by atoms with Gasteiger partial charge in [0.05, 0.1) is 4.90 Å². The van der Waals surface area contributed by atoms with E-state index in [1.54, 1.807) is 28.6 Å². The summed E-state index contributed by atoms with van der Waals surface area (Å²) in [4.78, 5) is 12.7. The van der Waals surface area contributed by atoms with Gasteiger partial charge in [-0.3, -0.25) is 4.79 Å². The number of para-hydroxylation sites is 1. The lowest BCUT2D eigenvalue weighted by atomic mass is 10.0. The van der Waals surface area contributed by atoms with Crippen LogP contribution in [-0.4, -0.2) is 31.7 Å². The number of hydrogen-bond acceptors (Lipinski definition) is 3. The van der Waals surface area contributed by atoms with Crippen LogP contribution in [0.4, 0.5) is 5.69 Å². The number of rotatable bonds is 5. The van der Waals surface area contributed by atoms with Crippen LogP contribution in [0.2, 0.25) is 0 Å².